The molecule has 1 heterocycles. The third-order valence-electron chi connectivity index (χ3n) is 1.97. The van der Waals surface area contributed by atoms with Gasteiger partial charge in [0.05, 0.1) is 43.5 Å². The summed E-state index contributed by atoms with van der Waals surface area (Å²) in [6, 6.07) is 0. The van der Waals surface area contributed by atoms with E-state index in [1.165, 1.54) is 0 Å². The molecule has 1 N–H and O–H groups in total. The fourth-order valence-corrected chi connectivity index (χ4v) is 1.14. The van der Waals surface area contributed by atoms with Crippen molar-refractivity contribution in [1.82, 2.24) is 9.97 Å². The van der Waals surface area contributed by atoms with Gasteiger partial charge in [-0.2, -0.15) is 0 Å². The van der Waals surface area contributed by atoms with E-state index in [2.05, 4.69) is 15.3 Å². The maximum Gasteiger partial charge on any atom is 0.144 e. The summed E-state index contributed by atoms with van der Waals surface area (Å²) in [5, 5.41) is 2.91. The average Bonchev–Trinajstić information content (AvgIpc) is 2.28. The molecule has 0 aromatic carbocycles. The predicted molar refractivity (Wildman–Crippen MR) is 66.9 cm³/mol. The van der Waals surface area contributed by atoms with Crippen LogP contribution in [0.4, 0.5) is 5.82 Å². The normalized spacial score (nSPS) is 11.5. The van der Waals surface area contributed by atoms with Gasteiger partial charge in [0.2, 0.25) is 0 Å². The van der Waals surface area contributed by atoms with E-state index in [1.54, 1.807) is 12.4 Å². The minimum absolute atomic E-state index is 0.113. The van der Waals surface area contributed by atoms with Crippen molar-refractivity contribution in [1.29, 1.82) is 0 Å². The minimum atomic E-state index is -0.113. The second kappa shape index (κ2) is 6.51. The van der Waals surface area contributed by atoms with Crippen molar-refractivity contribution in [3.63, 3.8) is 0 Å². The van der Waals surface area contributed by atoms with Crippen LogP contribution in [0.5, 0.6) is 0 Å². The molecular formula is C12H21N3O2. The zero-order valence-electron chi connectivity index (χ0n) is 11.0. The van der Waals surface area contributed by atoms with Crippen LogP contribution in [0.1, 0.15) is 26.5 Å². The summed E-state index contributed by atoms with van der Waals surface area (Å²) in [6.07, 6.45) is 3.39. The minimum Gasteiger partial charge on any atom is -0.373 e. The molecular weight excluding hydrogens is 218 g/mol. The van der Waals surface area contributed by atoms with Gasteiger partial charge < -0.3 is 14.8 Å². The van der Waals surface area contributed by atoms with Crippen molar-refractivity contribution in [3.8, 4) is 0 Å². The molecule has 17 heavy (non-hydrogen) atoms. The van der Waals surface area contributed by atoms with Crippen LogP contribution in [0, 0.1) is 0 Å². The Kier molecular flexibility index (Phi) is 5.31. The molecule has 96 valence electrons. The lowest BCUT2D eigenvalue weighted by atomic mass is 10.2. The summed E-state index contributed by atoms with van der Waals surface area (Å²) in [5.74, 6) is 0.754. The molecule has 1 aromatic heterocycles. The Hall–Kier alpha value is -1.20. The van der Waals surface area contributed by atoms with Crippen LogP contribution >= 0.6 is 0 Å². The second-order valence-corrected chi connectivity index (χ2v) is 4.66. The number of hydrogen-bond acceptors (Lipinski definition) is 5. The van der Waals surface area contributed by atoms with Crippen LogP contribution in [-0.4, -0.2) is 35.8 Å². The molecule has 0 spiro atoms. The fraction of sp³-hybridized carbons (Fsp3) is 0.667. The van der Waals surface area contributed by atoms with Crippen LogP contribution in [0.15, 0.2) is 12.4 Å². The van der Waals surface area contributed by atoms with Crippen molar-refractivity contribution < 1.29 is 9.47 Å². The number of anilines is 1. The van der Waals surface area contributed by atoms with Gasteiger partial charge in [0, 0.05) is 7.05 Å². The monoisotopic (exact) mass is 239 g/mol. The molecule has 5 heteroatoms. The lowest BCUT2D eigenvalue weighted by Gasteiger charge is -2.19. The third-order valence-corrected chi connectivity index (χ3v) is 1.97. The largest absolute Gasteiger partial charge is 0.373 e. The Morgan fingerprint density at radius 2 is 1.94 bits per heavy atom. The summed E-state index contributed by atoms with van der Waals surface area (Å²) in [4.78, 5) is 8.36. The molecule has 0 fully saturated rings. The van der Waals surface area contributed by atoms with E-state index in [0.717, 1.165) is 11.5 Å². The molecule has 0 aliphatic rings. The molecule has 0 amide bonds. The van der Waals surface area contributed by atoms with E-state index in [1.807, 2.05) is 27.8 Å². The standard InChI is InChI=1S/C12H21N3O2/c1-12(2,3)17-6-5-16-9-10-7-15-11(13-4)8-14-10/h7-8H,5-6,9H2,1-4H3,(H,13,15). The van der Waals surface area contributed by atoms with E-state index < -0.39 is 0 Å². The average molecular weight is 239 g/mol. The maximum atomic E-state index is 5.53. The molecule has 0 saturated heterocycles. The smallest absolute Gasteiger partial charge is 0.144 e. The van der Waals surface area contributed by atoms with Gasteiger partial charge >= 0.3 is 0 Å². The molecule has 0 unspecified atom stereocenters. The lowest BCUT2D eigenvalue weighted by Crippen LogP contribution is -2.21. The Bertz CT molecular complexity index is 320. The van der Waals surface area contributed by atoms with Gasteiger partial charge in [0.15, 0.2) is 0 Å². The number of hydrogen-bond donors (Lipinski definition) is 1. The zero-order valence-corrected chi connectivity index (χ0v) is 11.0. The first-order valence-corrected chi connectivity index (χ1v) is 5.71. The van der Waals surface area contributed by atoms with E-state index in [9.17, 15) is 0 Å². The summed E-state index contributed by atoms with van der Waals surface area (Å²) in [5.41, 5.74) is 0.706. The second-order valence-electron chi connectivity index (χ2n) is 4.66. The predicted octanol–water partition coefficient (Wildman–Crippen LogP) is 1.85. The molecule has 5 nitrogen and oxygen atoms in total. The Balaban J connectivity index is 2.18. The molecule has 0 atom stereocenters. The van der Waals surface area contributed by atoms with Crippen LogP contribution in [0.3, 0.4) is 0 Å². The summed E-state index contributed by atoms with van der Waals surface area (Å²) >= 11 is 0. The highest BCUT2D eigenvalue weighted by Gasteiger charge is 2.08. The molecule has 1 aromatic rings. The van der Waals surface area contributed by atoms with Crippen LogP contribution in [0.25, 0.3) is 0 Å². The van der Waals surface area contributed by atoms with Crippen LogP contribution < -0.4 is 5.32 Å². The Labute approximate surface area is 103 Å². The number of nitrogens with one attached hydrogen (secondary N) is 1. The first-order valence-electron chi connectivity index (χ1n) is 5.71. The SMILES string of the molecule is CNc1cnc(COCCOC(C)(C)C)cn1. The Morgan fingerprint density at radius 3 is 2.47 bits per heavy atom. The molecule has 0 bridgehead atoms. The van der Waals surface area contributed by atoms with Gasteiger partial charge in [-0.25, -0.2) is 4.98 Å². The molecule has 0 saturated carbocycles. The highest BCUT2D eigenvalue weighted by Crippen LogP contribution is 2.06. The lowest BCUT2D eigenvalue weighted by molar-refractivity contribution is -0.0380. The first kappa shape index (κ1) is 13.9. The topological polar surface area (TPSA) is 56.3 Å². The van der Waals surface area contributed by atoms with E-state index >= 15 is 0 Å². The number of ether oxygens (including phenoxy) is 2. The van der Waals surface area contributed by atoms with Crippen molar-refractivity contribution in [2.75, 3.05) is 25.6 Å². The number of rotatable bonds is 6. The van der Waals surface area contributed by atoms with Gasteiger partial charge in [0.1, 0.15) is 5.82 Å². The van der Waals surface area contributed by atoms with Crippen LogP contribution in [-0.2, 0) is 16.1 Å². The molecule has 0 radical (unpaired) electrons. The van der Waals surface area contributed by atoms with Crippen molar-refractivity contribution >= 4 is 5.82 Å². The van der Waals surface area contributed by atoms with Crippen molar-refractivity contribution in [2.45, 2.75) is 33.0 Å². The third kappa shape index (κ3) is 6.19. The summed E-state index contributed by atoms with van der Waals surface area (Å²) in [7, 11) is 1.81. The molecule has 0 aliphatic carbocycles. The van der Waals surface area contributed by atoms with E-state index in [4.69, 9.17) is 9.47 Å². The van der Waals surface area contributed by atoms with Gasteiger partial charge in [-0.1, -0.05) is 0 Å². The van der Waals surface area contributed by atoms with Crippen molar-refractivity contribution in [2.24, 2.45) is 0 Å². The summed E-state index contributed by atoms with van der Waals surface area (Å²) in [6.45, 7) is 7.68. The number of aromatic nitrogens is 2. The zero-order chi connectivity index (χ0) is 12.7. The fourth-order valence-electron chi connectivity index (χ4n) is 1.14. The van der Waals surface area contributed by atoms with E-state index in [0.29, 0.717) is 19.8 Å². The van der Waals surface area contributed by atoms with Gasteiger partial charge in [0.25, 0.3) is 0 Å². The summed E-state index contributed by atoms with van der Waals surface area (Å²) < 4.78 is 11.0. The molecule has 1 rings (SSSR count). The first-order chi connectivity index (χ1) is 8.01. The maximum absolute atomic E-state index is 5.53. The van der Waals surface area contributed by atoms with Gasteiger partial charge in [-0.15, -0.1) is 0 Å². The van der Waals surface area contributed by atoms with Crippen molar-refractivity contribution in [3.05, 3.63) is 18.1 Å². The quantitative estimate of drug-likeness (QED) is 0.768. The Morgan fingerprint density at radius 1 is 1.18 bits per heavy atom. The van der Waals surface area contributed by atoms with Gasteiger partial charge in [-0.3, -0.25) is 4.98 Å². The van der Waals surface area contributed by atoms with Crippen LogP contribution in [0.2, 0.25) is 0 Å². The highest BCUT2D eigenvalue weighted by atomic mass is 16.5. The van der Waals surface area contributed by atoms with Gasteiger partial charge in [-0.05, 0) is 20.8 Å². The number of nitrogens with zero attached hydrogens (tertiary/aromatic N) is 2. The highest BCUT2D eigenvalue weighted by molar-refractivity contribution is 5.29. The molecule has 0 aliphatic heterocycles. The van der Waals surface area contributed by atoms with E-state index in [-0.39, 0.29) is 5.60 Å².